The van der Waals surface area contributed by atoms with Crippen molar-refractivity contribution in [1.82, 2.24) is 0 Å². The molecule has 3 nitrogen and oxygen atoms in total. The highest BCUT2D eigenvalue weighted by Gasteiger charge is 2.22. The topological polar surface area (TPSA) is 54.4 Å². The molecule has 0 bridgehead atoms. The summed E-state index contributed by atoms with van der Waals surface area (Å²) < 4.78 is 0. The number of carbonyl (C=O) groups is 2. The molecule has 0 spiro atoms. The van der Waals surface area contributed by atoms with Crippen molar-refractivity contribution in [3.63, 3.8) is 0 Å². The van der Waals surface area contributed by atoms with Crippen LogP contribution in [0.1, 0.15) is 27.2 Å². The zero-order valence-corrected chi connectivity index (χ0v) is 7.13. The van der Waals surface area contributed by atoms with E-state index in [2.05, 4.69) is 0 Å². The lowest BCUT2D eigenvalue weighted by atomic mass is 9.91. The van der Waals surface area contributed by atoms with Gasteiger partial charge < -0.3 is 9.90 Å². The van der Waals surface area contributed by atoms with Crippen molar-refractivity contribution >= 4 is 11.8 Å². The van der Waals surface area contributed by atoms with Crippen molar-refractivity contribution in [2.75, 3.05) is 0 Å². The van der Waals surface area contributed by atoms with Crippen molar-refractivity contribution in [3.05, 3.63) is 0 Å². The molecular formula is C8H14O3. The molecular weight excluding hydrogens is 144 g/mol. The van der Waals surface area contributed by atoms with Gasteiger partial charge in [0, 0.05) is 6.42 Å². The molecule has 0 aromatic carbocycles. The third-order valence-corrected chi connectivity index (χ3v) is 1.63. The van der Waals surface area contributed by atoms with E-state index in [4.69, 9.17) is 5.11 Å². The second-order valence-electron chi connectivity index (χ2n) is 3.09. The summed E-state index contributed by atoms with van der Waals surface area (Å²) in [4.78, 5) is 21.1. The van der Waals surface area contributed by atoms with E-state index in [9.17, 15) is 9.59 Å². The van der Waals surface area contributed by atoms with E-state index in [1.54, 1.807) is 0 Å². The number of carbonyl (C=O) groups excluding carboxylic acids is 1. The zero-order chi connectivity index (χ0) is 9.02. The second-order valence-corrected chi connectivity index (χ2v) is 3.09. The molecule has 1 N–H and O–H groups in total. The van der Waals surface area contributed by atoms with Crippen LogP contribution in [0.2, 0.25) is 0 Å². The fourth-order valence-electron chi connectivity index (χ4n) is 0.918. The molecule has 0 aliphatic rings. The average molecular weight is 158 g/mol. The quantitative estimate of drug-likeness (QED) is 0.671. The Hall–Kier alpha value is -0.860. The highest BCUT2D eigenvalue weighted by molar-refractivity contribution is 5.82. The molecule has 0 rings (SSSR count). The van der Waals surface area contributed by atoms with Crippen LogP contribution in [-0.2, 0) is 9.59 Å². The number of hydrogen-bond acceptors (Lipinski definition) is 2. The molecule has 0 unspecified atom stereocenters. The number of rotatable bonds is 4. The van der Waals surface area contributed by atoms with Crippen molar-refractivity contribution < 1.29 is 14.7 Å². The minimum absolute atomic E-state index is 0.0244. The number of ketones is 1. The van der Waals surface area contributed by atoms with E-state index in [-0.39, 0.29) is 18.1 Å². The SMILES string of the molecule is CC(=O)C[C@@H](C(=O)O)C(C)C. The van der Waals surface area contributed by atoms with Crippen molar-refractivity contribution in [2.24, 2.45) is 11.8 Å². The van der Waals surface area contributed by atoms with Crippen LogP contribution in [-0.4, -0.2) is 16.9 Å². The Bertz CT molecular complexity index is 161. The number of carboxylic acid groups (broad SMARTS) is 1. The number of aliphatic carboxylic acids is 1. The lowest BCUT2D eigenvalue weighted by Gasteiger charge is -2.13. The normalized spacial score (nSPS) is 13.1. The Morgan fingerprint density at radius 1 is 1.36 bits per heavy atom. The zero-order valence-electron chi connectivity index (χ0n) is 7.13. The molecule has 0 heterocycles. The molecule has 0 aromatic heterocycles. The van der Waals surface area contributed by atoms with Crippen molar-refractivity contribution in [2.45, 2.75) is 27.2 Å². The summed E-state index contributed by atoms with van der Waals surface area (Å²) >= 11 is 0. The minimum Gasteiger partial charge on any atom is -0.481 e. The largest absolute Gasteiger partial charge is 0.481 e. The van der Waals surface area contributed by atoms with Gasteiger partial charge in [-0.3, -0.25) is 4.79 Å². The summed E-state index contributed by atoms with van der Waals surface area (Å²) in [6, 6.07) is 0. The number of Topliss-reactive ketones (excluding diaryl/α,β-unsaturated/α-hetero) is 1. The van der Waals surface area contributed by atoms with Gasteiger partial charge in [0.2, 0.25) is 0 Å². The highest BCUT2D eigenvalue weighted by Crippen LogP contribution is 2.15. The molecule has 3 heteroatoms. The minimum atomic E-state index is -0.879. The van der Waals surface area contributed by atoms with Crippen LogP contribution in [0.4, 0.5) is 0 Å². The van der Waals surface area contributed by atoms with Crippen LogP contribution in [0.15, 0.2) is 0 Å². The standard InChI is InChI=1S/C8H14O3/c1-5(2)7(8(10)11)4-6(3)9/h5,7H,4H2,1-3H3,(H,10,11)/t7-/m1/s1. The predicted octanol–water partition coefficient (Wildman–Crippen LogP) is 1.32. The van der Waals surface area contributed by atoms with Crippen molar-refractivity contribution in [3.8, 4) is 0 Å². The van der Waals surface area contributed by atoms with Gasteiger partial charge in [0.05, 0.1) is 5.92 Å². The molecule has 64 valence electrons. The second kappa shape index (κ2) is 4.11. The third-order valence-electron chi connectivity index (χ3n) is 1.63. The van der Waals surface area contributed by atoms with Crippen molar-refractivity contribution in [1.29, 1.82) is 0 Å². The molecule has 0 aliphatic heterocycles. The van der Waals surface area contributed by atoms with Gasteiger partial charge in [0.1, 0.15) is 5.78 Å². The Morgan fingerprint density at radius 3 is 1.91 bits per heavy atom. The van der Waals surface area contributed by atoms with Crippen LogP contribution >= 0.6 is 0 Å². The first kappa shape index (κ1) is 10.1. The van der Waals surface area contributed by atoms with Gasteiger partial charge in [-0.1, -0.05) is 13.8 Å². The summed E-state index contributed by atoms with van der Waals surface area (Å²) in [6.45, 7) is 5.03. The average Bonchev–Trinajstić information content (AvgIpc) is 1.81. The fraction of sp³-hybridized carbons (Fsp3) is 0.750. The lowest BCUT2D eigenvalue weighted by Crippen LogP contribution is -2.21. The maximum Gasteiger partial charge on any atom is 0.307 e. The van der Waals surface area contributed by atoms with Gasteiger partial charge in [-0.05, 0) is 12.8 Å². The van der Waals surface area contributed by atoms with Crippen LogP contribution in [0.25, 0.3) is 0 Å². The number of carboxylic acids is 1. The van der Waals surface area contributed by atoms with Gasteiger partial charge in [0.25, 0.3) is 0 Å². The van der Waals surface area contributed by atoms with Gasteiger partial charge in [0.15, 0.2) is 0 Å². The van der Waals surface area contributed by atoms with E-state index >= 15 is 0 Å². The lowest BCUT2D eigenvalue weighted by molar-refractivity contribution is -0.145. The van der Waals surface area contributed by atoms with Gasteiger partial charge >= 0.3 is 5.97 Å². The molecule has 0 saturated heterocycles. The fourth-order valence-corrected chi connectivity index (χ4v) is 0.918. The summed E-state index contributed by atoms with van der Waals surface area (Å²) in [7, 11) is 0. The van der Waals surface area contributed by atoms with Crippen LogP contribution in [0.3, 0.4) is 0 Å². The summed E-state index contributed by atoms with van der Waals surface area (Å²) in [5, 5.41) is 8.64. The first-order chi connectivity index (χ1) is 4.95. The molecule has 0 radical (unpaired) electrons. The first-order valence-corrected chi connectivity index (χ1v) is 3.67. The third kappa shape index (κ3) is 3.75. The molecule has 0 fully saturated rings. The van der Waals surface area contributed by atoms with E-state index in [1.165, 1.54) is 6.92 Å². The van der Waals surface area contributed by atoms with Gasteiger partial charge in [-0.2, -0.15) is 0 Å². The van der Waals surface area contributed by atoms with Crippen LogP contribution in [0.5, 0.6) is 0 Å². The van der Waals surface area contributed by atoms with E-state index < -0.39 is 11.9 Å². The van der Waals surface area contributed by atoms with Gasteiger partial charge in [-0.25, -0.2) is 0 Å². The Labute approximate surface area is 66.4 Å². The summed E-state index contributed by atoms with van der Waals surface area (Å²) in [6.07, 6.45) is 0.146. The summed E-state index contributed by atoms with van der Waals surface area (Å²) in [5.41, 5.74) is 0. The van der Waals surface area contributed by atoms with Gasteiger partial charge in [-0.15, -0.1) is 0 Å². The predicted molar refractivity (Wildman–Crippen MR) is 41.3 cm³/mol. The van der Waals surface area contributed by atoms with Crippen LogP contribution in [0, 0.1) is 11.8 Å². The van der Waals surface area contributed by atoms with E-state index in [0.717, 1.165) is 0 Å². The maximum atomic E-state index is 10.6. The van der Waals surface area contributed by atoms with E-state index in [0.29, 0.717) is 0 Å². The molecule has 0 saturated carbocycles. The molecule has 0 amide bonds. The Balaban J connectivity index is 4.12. The Morgan fingerprint density at radius 2 is 1.82 bits per heavy atom. The Kier molecular flexibility index (Phi) is 3.79. The maximum absolute atomic E-state index is 10.6. The number of hydrogen-bond donors (Lipinski definition) is 1. The summed E-state index contributed by atoms with van der Waals surface area (Å²) in [5.74, 6) is -1.44. The smallest absolute Gasteiger partial charge is 0.307 e. The monoisotopic (exact) mass is 158 g/mol. The van der Waals surface area contributed by atoms with E-state index in [1.807, 2.05) is 13.8 Å². The molecule has 0 aromatic rings. The molecule has 1 atom stereocenters. The highest BCUT2D eigenvalue weighted by atomic mass is 16.4. The first-order valence-electron chi connectivity index (χ1n) is 3.67. The molecule has 0 aliphatic carbocycles. The van der Waals surface area contributed by atoms with Crippen LogP contribution < -0.4 is 0 Å². The molecule has 11 heavy (non-hydrogen) atoms.